The molecule has 0 aromatic heterocycles. The molecular formula is C14H21ClFNO. The van der Waals surface area contributed by atoms with E-state index >= 15 is 0 Å². The summed E-state index contributed by atoms with van der Waals surface area (Å²) in [5, 5.41) is 10.2. The number of rotatable bonds is 3. The maximum Gasteiger partial charge on any atom is 0.123 e. The molecule has 0 radical (unpaired) electrons. The van der Waals surface area contributed by atoms with E-state index in [0.717, 1.165) is 24.0 Å². The summed E-state index contributed by atoms with van der Waals surface area (Å²) >= 11 is 0. The van der Waals surface area contributed by atoms with Gasteiger partial charge in [-0.1, -0.05) is 18.9 Å². The largest absolute Gasteiger partial charge is 0.391 e. The van der Waals surface area contributed by atoms with Crippen molar-refractivity contribution in [2.45, 2.75) is 44.8 Å². The molecule has 2 rings (SSSR count). The normalized spacial score (nSPS) is 19.3. The van der Waals surface area contributed by atoms with E-state index < -0.39 is 12.1 Å². The van der Waals surface area contributed by atoms with Crippen LogP contribution >= 0.6 is 12.4 Å². The molecule has 0 aliphatic heterocycles. The Bertz CT molecular complexity index is 393. The molecule has 1 saturated carbocycles. The maximum atomic E-state index is 13.0. The summed E-state index contributed by atoms with van der Waals surface area (Å²) in [4.78, 5) is 0. The highest BCUT2D eigenvalue weighted by Gasteiger charge is 2.29. The van der Waals surface area contributed by atoms with Crippen LogP contribution in [0.1, 0.15) is 42.9 Å². The van der Waals surface area contributed by atoms with E-state index in [1.54, 1.807) is 6.07 Å². The third kappa shape index (κ3) is 3.22. The smallest absolute Gasteiger partial charge is 0.123 e. The molecule has 0 bridgehead atoms. The second-order valence-corrected chi connectivity index (χ2v) is 5.06. The molecule has 2 atom stereocenters. The van der Waals surface area contributed by atoms with Gasteiger partial charge in [-0.3, -0.25) is 0 Å². The predicted molar refractivity (Wildman–Crippen MR) is 73.3 cm³/mol. The Morgan fingerprint density at radius 3 is 2.50 bits per heavy atom. The average molecular weight is 274 g/mol. The lowest BCUT2D eigenvalue weighted by Gasteiger charge is -2.25. The molecular weight excluding hydrogens is 253 g/mol. The van der Waals surface area contributed by atoms with E-state index in [0.29, 0.717) is 5.92 Å². The standard InChI is InChI=1S/C14H20FNO.ClH/c1-9-8-11(15)6-7-12(9)13(16)14(17)10-4-2-3-5-10;/h6-8,10,13-14,17H,2-5,16H2,1H3;1H/t13-,14+;/m1./s1. The van der Waals surface area contributed by atoms with Crippen LogP contribution in [0.3, 0.4) is 0 Å². The minimum Gasteiger partial charge on any atom is -0.391 e. The van der Waals surface area contributed by atoms with Crippen molar-refractivity contribution in [2.24, 2.45) is 11.7 Å². The zero-order chi connectivity index (χ0) is 12.4. The monoisotopic (exact) mass is 273 g/mol. The van der Waals surface area contributed by atoms with Crippen molar-refractivity contribution < 1.29 is 9.50 Å². The number of benzene rings is 1. The summed E-state index contributed by atoms with van der Waals surface area (Å²) in [6.07, 6.45) is 3.94. The van der Waals surface area contributed by atoms with Crippen LogP contribution in [0.4, 0.5) is 4.39 Å². The van der Waals surface area contributed by atoms with Gasteiger partial charge in [0.05, 0.1) is 12.1 Å². The minimum atomic E-state index is -0.512. The molecule has 0 spiro atoms. The Kier molecular flexibility index (Phi) is 5.57. The van der Waals surface area contributed by atoms with Crippen LogP contribution in [-0.2, 0) is 0 Å². The number of aryl methyl sites for hydroxylation is 1. The van der Waals surface area contributed by atoms with Gasteiger partial charge in [-0.05, 0) is 48.9 Å². The van der Waals surface area contributed by atoms with Crippen molar-refractivity contribution in [3.8, 4) is 0 Å². The summed E-state index contributed by atoms with van der Waals surface area (Å²) in [7, 11) is 0. The van der Waals surface area contributed by atoms with Crippen molar-refractivity contribution >= 4 is 12.4 Å². The number of hydrogen-bond acceptors (Lipinski definition) is 2. The second kappa shape index (κ2) is 6.50. The zero-order valence-electron chi connectivity index (χ0n) is 10.6. The highest BCUT2D eigenvalue weighted by molar-refractivity contribution is 5.85. The third-order valence-electron chi connectivity index (χ3n) is 3.84. The molecule has 1 aliphatic carbocycles. The molecule has 1 aliphatic rings. The molecule has 102 valence electrons. The van der Waals surface area contributed by atoms with Crippen molar-refractivity contribution in [3.63, 3.8) is 0 Å². The van der Waals surface area contributed by atoms with Crippen LogP contribution in [0, 0.1) is 18.7 Å². The van der Waals surface area contributed by atoms with Crippen molar-refractivity contribution in [1.29, 1.82) is 0 Å². The number of aliphatic hydroxyl groups excluding tert-OH is 1. The first-order valence-corrected chi connectivity index (χ1v) is 6.29. The van der Waals surface area contributed by atoms with Crippen LogP contribution in [0.2, 0.25) is 0 Å². The topological polar surface area (TPSA) is 46.2 Å². The van der Waals surface area contributed by atoms with Crippen molar-refractivity contribution in [3.05, 3.63) is 35.1 Å². The summed E-state index contributed by atoms with van der Waals surface area (Å²) in [5.74, 6) is 0.0447. The van der Waals surface area contributed by atoms with E-state index in [-0.39, 0.29) is 18.2 Å². The minimum absolute atomic E-state index is 0. The first-order chi connectivity index (χ1) is 8.09. The van der Waals surface area contributed by atoms with E-state index in [2.05, 4.69) is 0 Å². The Balaban J connectivity index is 0.00000162. The Morgan fingerprint density at radius 2 is 1.94 bits per heavy atom. The SMILES string of the molecule is Cc1cc(F)ccc1[C@@H](N)[C@@H](O)C1CCCC1.Cl. The molecule has 18 heavy (non-hydrogen) atoms. The molecule has 0 unspecified atom stereocenters. The molecule has 0 heterocycles. The molecule has 0 saturated heterocycles. The fraction of sp³-hybridized carbons (Fsp3) is 0.571. The van der Waals surface area contributed by atoms with Crippen molar-refractivity contribution in [2.75, 3.05) is 0 Å². The molecule has 1 aromatic carbocycles. The van der Waals surface area contributed by atoms with Gasteiger partial charge in [0.15, 0.2) is 0 Å². The van der Waals surface area contributed by atoms with E-state index in [4.69, 9.17) is 5.73 Å². The van der Waals surface area contributed by atoms with Crippen LogP contribution in [0.15, 0.2) is 18.2 Å². The fourth-order valence-electron chi connectivity index (χ4n) is 2.79. The van der Waals surface area contributed by atoms with Gasteiger partial charge in [-0.25, -0.2) is 4.39 Å². The number of halogens is 2. The summed E-state index contributed by atoms with van der Waals surface area (Å²) in [6.45, 7) is 1.83. The highest BCUT2D eigenvalue weighted by Crippen LogP contribution is 2.33. The molecule has 0 amide bonds. The quantitative estimate of drug-likeness (QED) is 0.889. The highest BCUT2D eigenvalue weighted by atomic mass is 35.5. The van der Waals surface area contributed by atoms with Gasteiger partial charge in [0.1, 0.15) is 5.82 Å². The third-order valence-corrected chi connectivity index (χ3v) is 3.84. The van der Waals surface area contributed by atoms with Gasteiger partial charge in [-0.15, -0.1) is 12.4 Å². The average Bonchev–Trinajstić information content (AvgIpc) is 2.80. The Labute approximate surface area is 114 Å². The Hall–Kier alpha value is -0.640. The van der Waals surface area contributed by atoms with Gasteiger partial charge in [0, 0.05) is 0 Å². The van der Waals surface area contributed by atoms with Gasteiger partial charge >= 0.3 is 0 Å². The van der Waals surface area contributed by atoms with Gasteiger partial charge in [-0.2, -0.15) is 0 Å². The van der Waals surface area contributed by atoms with Crippen LogP contribution in [-0.4, -0.2) is 11.2 Å². The van der Waals surface area contributed by atoms with Gasteiger partial charge in [0.2, 0.25) is 0 Å². The lowest BCUT2D eigenvalue weighted by atomic mass is 9.89. The predicted octanol–water partition coefficient (Wildman–Crippen LogP) is 3.11. The molecule has 2 nitrogen and oxygen atoms in total. The first kappa shape index (κ1) is 15.4. The van der Waals surface area contributed by atoms with E-state index in [1.165, 1.54) is 25.0 Å². The Morgan fingerprint density at radius 1 is 1.33 bits per heavy atom. The number of nitrogens with two attached hydrogens (primary N) is 1. The maximum absolute atomic E-state index is 13.0. The zero-order valence-corrected chi connectivity index (χ0v) is 11.4. The van der Waals surface area contributed by atoms with Gasteiger partial charge < -0.3 is 10.8 Å². The lowest BCUT2D eigenvalue weighted by molar-refractivity contribution is 0.0842. The second-order valence-electron chi connectivity index (χ2n) is 5.06. The first-order valence-electron chi connectivity index (χ1n) is 6.29. The lowest BCUT2D eigenvalue weighted by Crippen LogP contribution is -2.32. The summed E-state index contributed by atoms with van der Waals surface area (Å²) in [6, 6.07) is 4.16. The fourth-order valence-corrected chi connectivity index (χ4v) is 2.79. The van der Waals surface area contributed by atoms with Crippen molar-refractivity contribution in [1.82, 2.24) is 0 Å². The van der Waals surface area contributed by atoms with Gasteiger partial charge in [0.25, 0.3) is 0 Å². The van der Waals surface area contributed by atoms with Crippen LogP contribution in [0.5, 0.6) is 0 Å². The van der Waals surface area contributed by atoms with E-state index in [9.17, 15) is 9.50 Å². The number of hydrogen-bond donors (Lipinski definition) is 2. The summed E-state index contributed by atoms with van der Waals surface area (Å²) < 4.78 is 13.0. The molecule has 1 aromatic rings. The van der Waals surface area contributed by atoms with Crippen LogP contribution < -0.4 is 5.73 Å². The van der Waals surface area contributed by atoms with E-state index in [1.807, 2.05) is 6.92 Å². The molecule has 3 N–H and O–H groups in total. The molecule has 4 heteroatoms. The summed E-state index contributed by atoms with van der Waals surface area (Å²) in [5.41, 5.74) is 7.76. The number of aliphatic hydroxyl groups is 1. The van der Waals surface area contributed by atoms with Crippen LogP contribution in [0.25, 0.3) is 0 Å². The molecule has 1 fully saturated rings.